The average molecular weight is 326 g/mol. The van der Waals surface area contributed by atoms with Gasteiger partial charge in [-0.3, -0.25) is 4.79 Å². The van der Waals surface area contributed by atoms with Gasteiger partial charge in [0.25, 0.3) is 0 Å². The van der Waals surface area contributed by atoms with Gasteiger partial charge in [0, 0.05) is 5.56 Å². The molecule has 1 unspecified atom stereocenters. The molecule has 0 aromatic heterocycles. The first kappa shape index (κ1) is 15.9. The first-order valence-corrected chi connectivity index (χ1v) is 7.50. The summed E-state index contributed by atoms with van der Waals surface area (Å²) in [7, 11) is 2.92. The van der Waals surface area contributed by atoms with E-state index in [2.05, 4.69) is 5.10 Å². The molecule has 1 amide bonds. The number of β-lactam (4-membered cyclic amide) rings is 1. The molecule has 124 valence electrons. The number of carbonyl (C=O) groups excluding carboxylic acids is 1. The maximum absolute atomic E-state index is 11.9. The van der Waals surface area contributed by atoms with E-state index in [9.17, 15) is 9.90 Å². The Labute approximate surface area is 139 Å². The van der Waals surface area contributed by atoms with Crippen LogP contribution >= 0.6 is 0 Å². The highest BCUT2D eigenvalue weighted by molar-refractivity contribution is 5.87. The third kappa shape index (κ3) is 2.90. The number of benzene rings is 2. The van der Waals surface area contributed by atoms with Crippen molar-refractivity contribution in [3.8, 4) is 17.2 Å². The van der Waals surface area contributed by atoms with Crippen molar-refractivity contribution in [2.45, 2.75) is 12.5 Å². The monoisotopic (exact) mass is 326 g/mol. The van der Waals surface area contributed by atoms with Gasteiger partial charge in [-0.25, -0.2) is 5.01 Å². The predicted molar refractivity (Wildman–Crippen MR) is 89.5 cm³/mol. The molecule has 1 N–H and O–H groups in total. The lowest BCUT2D eigenvalue weighted by molar-refractivity contribution is -0.146. The van der Waals surface area contributed by atoms with Gasteiger partial charge >= 0.3 is 0 Å². The lowest BCUT2D eigenvalue weighted by Gasteiger charge is -2.36. The van der Waals surface area contributed by atoms with E-state index in [1.54, 1.807) is 18.3 Å². The number of aromatic hydroxyl groups is 1. The molecule has 24 heavy (non-hydrogen) atoms. The van der Waals surface area contributed by atoms with Crippen molar-refractivity contribution in [3.63, 3.8) is 0 Å². The fourth-order valence-electron chi connectivity index (χ4n) is 2.60. The number of hydrogen-bond donors (Lipinski definition) is 1. The molecule has 0 bridgehead atoms. The van der Waals surface area contributed by atoms with Crippen molar-refractivity contribution in [2.75, 3.05) is 14.2 Å². The number of rotatable bonds is 5. The van der Waals surface area contributed by atoms with Crippen LogP contribution in [0.2, 0.25) is 0 Å². The highest BCUT2D eigenvalue weighted by atomic mass is 16.5. The maximum Gasteiger partial charge on any atom is 0.245 e. The Hall–Kier alpha value is -3.02. The highest BCUT2D eigenvalue weighted by Gasteiger charge is 2.37. The number of amides is 1. The van der Waals surface area contributed by atoms with Crippen molar-refractivity contribution in [1.82, 2.24) is 5.01 Å². The lowest BCUT2D eigenvalue weighted by atomic mass is 9.96. The zero-order valence-corrected chi connectivity index (χ0v) is 13.5. The van der Waals surface area contributed by atoms with Gasteiger partial charge in [-0.2, -0.15) is 5.10 Å². The van der Waals surface area contributed by atoms with Crippen LogP contribution < -0.4 is 9.47 Å². The molecule has 1 fully saturated rings. The zero-order valence-electron chi connectivity index (χ0n) is 13.5. The van der Waals surface area contributed by atoms with E-state index in [4.69, 9.17) is 9.47 Å². The molecule has 1 atom stereocenters. The highest BCUT2D eigenvalue weighted by Crippen LogP contribution is 2.37. The molecule has 6 nitrogen and oxygen atoms in total. The lowest BCUT2D eigenvalue weighted by Crippen LogP contribution is -2.42. The Morgan fingerprint density at radius 1 is 1.17 bits per heavy atom. The number of phenols is 1. The van der Waals surface area contributed by atoms with Gasteiger partial charge in [0.15, 0.2) is 11.5 Å². The van der Waals surface area contributed by atoms with Crippen LogP contribution in [0.1, 0.15) is 23.6 Å². The van der Waals surface area contributed by atoms with Gasteiger partial charge in [0.1, 0.15) is 0 Å². The molecule has 0 aliphatic carbocycles. The summed E-state index contributed by atoms with van der Waals surface area (Å²) >= 11 is 0. The number of methoxy groups -OCH3 is 2. The predicted octanol–water partition coefficient (Wildman–Crippen LogP) is 2.72. The second-order valence-electron chi connectivity index (χ2n) is 5.39. The van der Waals surface area contributed by atoms with E-state index in [1.807, 2.05) is 30.3 Å². The van der Waals surface area contributed by atoms with Gasteiger partial charge in [0.05, 0.1) is 32.9 Å². The third-order valence-electron chi connectivity index (χ3n) is 3.94. The van der Waals surface area contributed by atoms with Crippen LogP contribution in [0.3, 0.4) is 0 Å². The van der Waals surface area contributed by atoms with E-state index >= 15 is 0 Å². The van der Waals surface area contributed by atoms with Crippen molar-refractivity contribution in [2.24, 2.45) is 5.10 Å². The number of phenolic OH excluding ortho intramolecular Hbond substituents is 1. The molecule has 3 rings (SSSR count). The minimum atomic E-state index is -0.0701. The van der Waals surface area contributed by atoms with Crippen LogP contribution in [-0.2, 0) is 4.79 Å². The number of hydrogen-bond acceptors (Lipinski definition) is 5. The zero-order chi connectivity index (χ0) is 17.1. The van der Waals surface area contributed by atoms with E-state index in [0.717, 1.165) is 5.56 Å². The standard InChI is InChI=1S/C18H18N2O4/c1-23-15-8-12(9-16(24-2)18(15)22)11-19-20-14(10-17(20)21)13-6-4-3-5-7-13/h3-9,11,14,22H,10H2,1-2H3/b19-11+. The topological polar surface area (TPSA) is 71.4 Å². The molecule has 1 aliphatic heterocycles. The summed E-state index contributed by atoms with van der Waals surface area (Å²) < 4.78 is 10.2. The minimum absolute atomic E-state index is 0.0298. The molecule has 2 aromatic rings. The second-order valence-corrected chi connectivity index (χ2v) is 5.39. The second kappa shape index (κ2) is 6.62. The van der Waals surface area contributed by atoms with Crippen molar-refractivity contribution >= 4 is 12.1 Å². The summed E-state index contributed by atoms with van der Waals surface area (Å²) in [5.74, 6) is 0.466. The van der Waals surface area contributed by atoms with Crippen LogP contribution in [0.5, 0.6) is 17.2 Å². The number of nitrogens with zero attached hydrogens (tertiary/aromatic N) is 2. The van der Waals surface area contributed by atoms with Crippen molar-refractivity contribution in [1.29, 1.82) is 0 Å². The molecule has 1 heterocycles. The first-order valence-electron chi connectivity index (χ1n) is 7.50. The quantitative estimate of drug-likeness (QED) is 0.677. The smallest absolute Gasteiger partial charge is 0.245 e. The van der Waals surface area contributed by atoms with Gasteiger partial charge in [-0.15, -0.1) is 0 Å². The largest absolute Gasteiger partial charge is 0.502 e. The number of carbonyl (C=O) groups is 1. The maximum atomic E-state index is 11.9. The van der Waals surface area contributed by atoms with E-state index < -0.39 is 0 Å². The number of hydrazone groups is 1. The SMILES string of the molecule is COc1cc(/C=N/N2C(=O)CC2c2ccccc2)cc(OC)c1O. The Morgan fingerprint density at radius 3 is 2.33 bits per heavy atom. The Bertz CT molecular complexity index is 749. The minimum Gasteiger partial charge on any atom is -0.502 e. The van der Waals surface area contributed by atoms with Gasteiger partial charge in [-0.05, 0) is 17.7 Å². The summed E-state index contributed by atoms with van der Waals surface area (Å²) in [4.78, 5) is 11.9. The van der Waals surface area contributed by atoms with Crippen LogP contribution in [-0.4, -0.2) is 36.5 Å². The third-order valence-corrected chi connectivity index (χ3v) is 3.94. The molecule has 1 aliphatic rings. The Kier molecular flexibility index (Phi) is 4.37. The Balaban J connectivity index is 1.83. The van der Waals surface area contributed by atoms with E-state index in [-0.39, 0.29) is 29.2 Å². The van der Waals surface area contributed by atoms with Gasteiger partial charge in [0.2, 0.25) is 11.7 Å². The fraction of sp³-hybridized carbons (Fsp3) is 0.222. The molecular formula is C18H18N2O4. The number of ether oxygens (including phenoxy) is 2. The van der Waals surface area contributed by atoms with Crippen LogP contribution in [0, 0.1) is 0 Å². The summed E-state index contributed by atoms with van der Waals surface area (Å²) in [5.41, 5.74) is 1.71. The van der Waals surface area contributed by atoms with Crippen LogP contribution in [0.25, 0.3) is 0 Å². The summed E-state index contributed by atoms with van der Waals surface area (Å²) in [6.45, 7) is 0. The summed E-state index contributed by atoms with van der Waals surface area (Å²) in [6, 6.07) is 13.0. The van der Waals surface area contributed by atoms with Crippen LogP contribution in [0.15, 0.2) is 47.6 Å². The average Bonchev–Trinajstić information content (AvgIpc) is 2.61. The van der Waals surface area contributed by atoms with Crippen molar-refractivity contribution < 1.29 is 19.4 Å². The normalized spacial score (nSPS) is 17.0. The van der Waals surface area contributed by atoms with Crippen LogP contribution in [0.4, 0.5) is 0 Å². The van der Waals surface area contributed by atoms with E-state index in [1.165, 1.54) is 19.2 Å². The first-order chi connectivity index (χ1) is 11.6. The van der Waals surface area contributed by atoms with Gasteiger partial charge < -0.3 is 14.6 Å². The summed E-state index contributed by atoms with van der Waals surface area (Å²) in [5, 5.41) is 15.7. The van der Waals surface area contributed by atoms with E-state index in [0.29, 0.717) is 12.0 Å². The molecule has 0 radical (unpaired) electrons. The molecular weight excluding hydrogens is 308 g/mol. The molecule has 2 aromatic carbocycles. The molecule has 0 spiro atoms. The van der Waals surface area contributed by atoms with Gasteiger partial charge in [-0.1, -0.05) is 30.3 Å². The molecule has 6 heteroatoms. The molecule has 1 saturated heterocycles. The Morgan fingerprint density at radius 2 is 1.79 bits per heavy atom. The molecule has 0 saturated carbocycles. The summed E-state index contributed by atoms with van der Waals surface area (Å²) in [6.07, 6.45) is 2.00. The van der Waals surface area contributed by atoms with Crippen molar-refractivity contribution in [3.05, 3.63) is 53.6 Å². The fourth-order valence-corrected chi connectivity index (χ4v) is 2.60.